The predicted molar refractivity (Wildman–Crippen MR) is 139 cm³/mol. The van der Waals surface area contributed by atoms with Crippen LogP contribution in [0.2, 0.25) is 5.02 Å². The van der Waals surface area contributed by atoms with E-state index < -0.39 is 28.5 Å². The average molecular weight is 538 g/mol. The molecule has 0 spiro atoms. The van der Waals surface area contributed by atoms with Crippen LogP contribution >= 0.6 is 11.6 Å². The van der Waals surface area contributed by atoms with Gasteiger partial charge in [0.15, 0.2) is 11.5 Å². The lowest BCUT2D eigenvalue weighted by Gasteiger charge is -2.32. The molecule has 2 aromatic rings. The molecule has 1 heterocycles. The van der Waals surface area contributed by atoms with Crippen molar-refractivity contribution in [3.8, 4) is 11.5 Å². The van der Waals surface area contributed by atoms with Gasteiger partial charge in [0.25, 0.3) is 0 Å². The molecule has 1 N–H and O–H groups in total. The van der Waals surface area contributed by atoms with Gasteiger partial charge in [0.1, 0.15) is 12.6 Å². The fraction of sp³-hybridized carbons (Fsp3) is 0.440. The Morgan fingerprint density at radius 2 is 1.72 bits per heavy atom. The van der Waals surface area contributed by atoms with Gasteiger partial charge in [-0.15, -0.1) is 0 Å². The van der Waals surface area contributed by atoms with Gasteiger partial charge in [0.2, 0.25) is 28.6 Å². The van der Waals surface area contributed by atoms with E-state index in [4.69, 9.17) is 21.1 Å². The van der Waals surface area contributed by atoms with Gasteiger partial charge in [-0.1, -0.05) is 37.6 Å². The van der Waals surface area contributed by atoms with Gasteiger partial charge in [-0.05, 0) is 49.6 Å². The number of hydrogen-bond acceptors (Lipinski definition) is 6. The summed E-state index contributed by atoms with van der Waals surface area (Å²) in [5.74, 6) is 0.0779. The summed E-state index contributed by atoms with van der Waals surface area (Å²) in [4.78, 5) is 27.9. The Bertz CT molecular complexity index is 1190. The minimum atomic E-state index is -3.83. The lowest BCUT2D eigenvalue weighted by Crippen LogP contribution is -2.51. The first-order valence-corrected chi connectivity index (χ1v) is 13.7. The molecule has 1 aliphatic heterocycles. The van der Waals surface area contributed by atoms with E-state index in [0.29, 0.717) is 23.1 Å². The van der Waals surface area contributed by atoms with E-state index in [0.717, 1.165) is 9.87 Å². The first kappa shape index (κ1) is 27.6. The molecule has 9 nitrogen and oxygen atoms in total. The molecule has 0 aliphatic carbocycles. The molecular formula is C25H32ClN3O6S. The summed E-state index contributed by atoms with van der Waals surface area (Å²) in [6.45, 7) is 7.20. The van der Waals surface area contributed by atoms with Crippen molar-refractivity contribution >= 4 is 39.1 Å². The largest absolute Gasteiger partial charge is 0.454 e. The molecule has 1 aliphatic rings. The Morgan fingerprint density at radius 1 is 1.06 bits per heavy atom. The number of carbonyl (C=O) groups excluding carboxylic acids is 2. The second-order valence-electron chi connectivity index (χ2n) is 8.91. The van der Waals surface area contributed by atoms with Crippen LogP contribution < -0.4 is 19.1 Å². The second kappa shape index (κ2) is 11.8. The zero-order valence-electron chi connectivity index (χ0n) is 20.9. The molecule has 0 bridgehead atoms. The fourth-order valence-corrected chi connectivity index (χ4v) is 4.76. The standard InChI is InChI=1S/C25H32ClN3O6S/c1-5-36(32,33)29(21-10-11-22-23(12-21)35-16-34-22)15-24(30)28(14-19-6-8-20(26)9-7-19)18(4)25(31)27-13-17(2)3/h6-12,17-18H,5,13-16H2,1-4H3,(H,27,31)/t18-/m1/s1. The molecule has 1 atom stereocenters. The highest BCUT2D eigenvalue weighted by atomic mass is 35.5. The van der Waals surface area contributed by atoms with E-state index in [1.807, 2.05) is 13.8 Å². The van der Waals surface area contributed by atoms with Crippen LogP contribution in [0.4, 0.5) is 5.69 Å². The highest BCUT2D eigenvalue weighted by Crippen LogP contribution is 2.36. The molecule has 2 amide bonds. The zero-order chi connectivity index (χ0) is 26.5. The molecule has 36 heavy (non-hydrogen) atoms. The number of fused-ring (bicyclic) bond motifs is 1. The summed E-state index contributed by atoms with van der Waals surface area (Å²) >= 11 is 6.00. The number of nitrogens with one attached hydrogen (secondary N) is 1. The number of anilines is 1. The Morgan fingerprint density at radius 3 is 2.36 bits per heavy atom. The highest BCUT2D eigenvalue weighted by Gasteiger charge is 2.31. The maximum atomic E-state index is 13.6. The van der Waals surface area contributed by atoms with Crippen molar-refractivity contribution < 1.29 is 27.5 Å². The first-order chi connectivity index (χ1) is 17.0. The molecule has 0 aromatic heterocycles. The average Bonchev–Trinajstić information content (AvgIpc) is 3.32. The number of ether oxygens (including phenoxy) is 2. The van der Waals surface area contributed by atoms with Gasteiger partial charge < -0.3 is 19.7 Å². The van der Waals surface area contributed by atoms with Crippen LogP contribution in [-0.2, 0) is 26.2 Å². The van der Waals surface area contributed by atoms with E-state index >= 15 is 0 Å². The number of halogens is 1. The summed E-state index contributed by atoms with van der Waals surface area (Å²) in [5.41, 5.74) is 1.03. The summed E-state index contributed by atoms with van der Waals surface area (Å²) < 4.78 is 37.8. The minimum absolute atomic E-state index is 0.0378. The van der Waals surface area contributed by atoms with Crippen LogP contribution in [0.5, 0.6) is 11.5 Å². The molecule has 196 valence electrons. The smallest absolute Gasteiger partial charge is 0.244 e. The second-order valence-corrected chi connectivity index (χ2v) is 11.5. The maximum absolute atomic E-state index is 13.6. The molecule has 11 heteroatoms. The van der Waals surface area contributed by atoms with Crippen molar-refractivity contribution in [2.24, 2.45) is 5.92 Å². The number of carbonyl (C=O) groups is 2. The first-order valence-electron chi connectivity index (χ1n) is 11.7. The van der Waals surface area contributed by atoms with E-state index in [1.54, 1.807) is 43.3 Å². The number of amides is 2. The van der Waals surface area contributed by atoms with Gasteiger partial charge in [-0.3, -0.25) is 13.9 Å². The fourth-order valence-electron chi connectivity index (χ4n) is 3.58. The van der Waals surface area contributed by atoms with Crippen LogP contribution in [-0.4, -0.2) is 56.8 Å². The lowest BCUT2D eigenvalue weighted by molar-refractivity contribution is -0.139. The van der Waals surface area contributed by atoms with E-state index in [2.05, 4.69) is 5.32 Å². The third-order valence-corrected chi connectivity index (χ3v) is 7.73. The number of sulfonamides is 1. The van der Waals surface area contributed by atoms with Crippen molar-refractivity contribution in [1.29, 1.82) is 0 Å². The quantitative estimate of drug-likeness (QED) is 0.471. The Labute approximate surface area is 217 Å². The Balaban J connectivity index is 1.91. The van der Waals surface area contributed by atoms with Crippen LogP contribution in [0.1, 0.15) is 33.3 Å². The molecular weight excluding hydrogens is 506 g/mol. The summed E-state index contributed by atoms with van der Waals surface area (Å²) in [7, 11) is -3.83. The molecule has 0 fully saturated rings. The number of hydrogen-bond donors (Lipinski definition) is 1. The van der Waals surface area contributed by atoms with E-state index in [1.165, 1.54) is 17.9 Å². The third-order valence-electron chi connectivity index (χ3n) is 5.74. The van der Waals surface area contributed by atoms with Gasteiger partial charge >= 0.3 is 0 Å². The van der Waals surface area contributed by atoms with Crippen LogP contribution in [0.15, 0.2) is 42.5 Å². The van der Waals surface area contributed by atoms with E-state index in [-0.39, 0.29) is 36.6 Å². The molecule has 0 saturated carbocycles. The number of nitrogens with zero attached hydrogens (tertiary/aromatic N) is 2. The van der Waals surface area contributed by atoms with Crippen LogP contribution in [0, 0.1) is 5.92 Å². The zero-order valence-corrected chi connectivity index (χ0v) is 22.4. The summed E-state index contributed by atoms with van der Waals surface area (Å²) in [6, 6.07) is 10.8. The molecule has 2 aromatic carbocycles. The molecule has 0 unspecified atom stereocenters. The van der Waals surface area contributed by atoms with Crippen LogP contribution in [0.3, 0.4) is 0 Å². The Kier molecular flexibility index (Phi) is 9.08. The minimum Gasteiger partial charge on any atom is -0.454 e. The third kappa shape index (κ3) is 6.82. The van der Waals surface area contributed by atoms with Gasteiger partial charge in [-0.25, -0.2) is 8.42 Å². The number of rotatable bonds is 11. The van der Waals surface area contributed by atoms with Crippen molar-refractivity contribution in [2.45, 2.75) is 40.3 Å². The van der Waals surface area contributed by atoms with Crippen molar-refractivity contribution in [3.05, 3.63) is 53.1 Å². The highest BCUT2D eigenvalue weighted by molar-refractivity contribution is 7.92. The van der Waals surface area contributed by atoms with Crippen molar-refractivity contribution in [2.75, 3.05) is 29.9 Å². The summed E-state index contributed by atoms with van der Waals surface area (Å²) in [6.07, 6.45) is 0. The molecule has 0 saturated heterocycles. The van der Waals surface area contributed by atoms with Crippen molar-refractivity contribution in [1.82, 2.24) is 10.2 Å². The van der Waals surface area contributed by atoms with Gasteiger partial charge in [-0.2, -0.15) is 0 Å². The predicted octanol–water partition coefficient (Wildman–Crippen LogP) is 3.41. The lowest BCUT2D eigenvalue weighted by atomic mass is 10.1. The molecule has 0 radical (unpaired) electrons. The van der Waals surface area contributed by atoms with E-state index in [9.17, 15) is 18.0 Å². The monoisotopic (exact) mass is 537 g/mol. The maximum Gasteiger partial charge on any atom is 0.244 e. The number of benzene rings is 2. The normalized spacial score (nSPS) is 13.4. The molecule has 3 rings (SSSR count). The van der Waals surface area contributed by atoms with Gasteiger partial charge in [0, 0.05) is 24.2 Å². The topological polar surface area (TPSA) is 105 Å². The van der Waals surface area contributed by atoms with Crippen molar-refractivity contribution in [3.63, 3.8) is 0 Å². The Hall–Kier alpha value is -2.98. The van der Waals surface area contributed by atoms with Gasteiger partial charge in [0.05, 0.1) is 11.4 Å². The summed E-state index contributed by atoms with van der Waals surface area (Å²) in [5, 5.41) is 3.39. The van der Waals surface area contributed by atoms with Crippen LogP contribution in [0.25, 0.3) is 0 Å². The SMILES string of the molecule is CCS(=O)(=O)N(CC(=O)N(Cc1ccc(Cl)cc1)[C@H](C)C(=O)NCC(C)C)c1ccc2c(c1)OCO2.